The van der Waals surface area contributed by atoms with Crippen molar-refractivity contribution >= 4 is 29.8 Å². The molecule has 1 amide bonds. The topological polar surface area (TPSA) is 58.2 Å². The number of nitrogens with one attached hydrogen (secondary N) is 2. The van der Waals surface area contributed by atoms with E-state index >= 15 is 0 Å². The van der Waals surface area contributed by atoms with Crippen molar-refractivity contribution in [1.82, 2.24) is 5.32 Å². The van der Waals surface area contributed by atoms with Gasteiger partial charge in [-0.15, -0.1) is 12.4 Å². The predicted octanol–water partition coefficient (Wildman–Crippen LogP) is 2.39. The fraction of sp³-hybridized carbons (Fsp3) is 0.429. The predicted molar refractivity (Wildman–Crippen MR) is 78.0 cm³/mol. The molecule has 1 saturated heterocycles. The number of amides is 1. The molecule has 2 N–H and O–H groups in total. The van der Waals surface area contributed by atoms with Crippen LogP contribution in [0, 0.1) is 0 Å². The molecule has 1 fully saturated rings. The van der Waals surface area contributed by atoms with E-state index < -0.39 is 0 Å². The molecule has 0 saturated carbocycles. The molecule has 0 spiro atoms. The standard InChI is InChI=1S/C14H18N2O2.ClH/c1-10(17)11-5-4-6-12(9-11)16-14(18)13-7-2-3-8-15-13;/h4-6,9,13,15H,2-3,7-8H2,1H3,(H,16,18);1H/t13-;/m1./s1. The van der Waals surface area contributed by atoms with Crippen molar-refractivity contribution in [1.29, 1.82) is 0 Å². The van der Waals surface area contributed by atoms with Crippen molar-refractivity contribution in [2.24, 2.45) is 0 Å². The minimum Gasteiger partial charge on any atom is -0.325 e. The number of Topliss-reactive ketones (excluding diaryl/α,β-unsaturated/α-hetero) is 1. The van der Waals surface area contributed by atoms with E-state index in [-0.39, 0.29) is 30.1 Å². The monoisotopic (exact) mass is 282 g/mol. The summed E-state index contributed by atoms with van der Waals surface area (Å²) in [7, 11) is 0. The van der Waals surface area contributed by atoms with E-state index in [0.717, 1.165) is 25.8 Å². The normalized spacial score (nSPS) is 18.3. The number of benzene rings is 1. The maximum atomic E-state index is 12.0. The van der Waals surface area contributed by atoms with Gasteiger partial charge < -0.3 is 10.6 Å². The second-order valence-corrected chi connectivity index (χ2v) is 4.63. The second kappa shape index (κ2) is 7.26. The summed E-state index contributed by atoms with van der Waals surface area (Å²) in [4.78, 5) is 23.3. The SMILES string of the molecule is CC(=O)c1cccc(NC(=O)[C@H]2CCCCN2)c1.Cl. The van der Waals surface area contributed by atoms with Crippen LogP contribution < -0.4 is 10.6 Å². The van der Waals surface area contributed by atoms with E-state index in [1.165, 1.54) is 6.92 Å². The van der Waals surface area contributed by atoms with Crippen LogP contribution in [-0.2, 0) is 4.79 Å². The lowest BCUT2D eigenvalue weighted by Gasteiger charge is -2.22. The molecule has 1 aromatic carbocycles. The molecule has 0 aromatic heterocycles. The minimum atomic E-state index is -0.111. The van der Waals surface area contributed by atoms with E-state index in [1.54, 1.807) is 24.3 Å². The van der Waals surface area contributed by atoms with Gasteiger partial charge in [-0.25, -0.2) is 0 Å². The highest BCUT2D eigenvalue weighted by Crippen LogP contribution is 2.13. The van der Waals surface area contributed by atoms with Gasteiger partial charge in [-0.05, 0) is 38.4 Å². The van der Waals surface area contributed by atoms with Gasteiger partial charge in [-0.1, -0.05) is 18.6 Å². The highest BCUT2D eigenvalue weighted by molar-refractivity contribution is 5.98. The Morgan fingerprint density at radius 1 is 1.32 bits per heavy atom. The number of hydrogen-bond acceptors (Lipinski definition) is 3. The molecule has 1 aliphatic rings. The molecule has 1 aromatic rings. The Labute approximate surface area is 119 Å². The highest BCUT2D eigenvalue weighted by atomic mass is 35.5. The zero-order valence-electron chi connectivity index (χ0n) is 10.9. The Morgan fingerprint density at radius 2 is 2.11 bits per heavy atom. The van der Waals surface area contributed by atoms with Crippen molar-refractivity contribution < 1.29 is 9.59 Å². The average molecular weight is 283 g/mol. The average Bonchev–Trinajstić information content (AvgIpc) is 2.40. The summed E-state index contributed by atoms with van der Waals surface area (Å²) in [6, 6.07) is 6.92. The highest BCUT2D eigenvalue weighted by Gasteiger charge is 2.20. The molecule has 0 aliphatic carbocycles. The van der Waals surface area contributed by atoms with Crippen molar-refractivity contribution in [2.75, 3.05) is 11.9 Å². The van der Waals surface area contributed by atoms with Crippen LogP contribution in [0.4, 0.5) is 5.69 Å². The maximum absolute atomic E-state index is 12.0. The van der Waals surface area contributed by atoms with Crippen LogP contribution in [0.5, 0.6) is 0 Å². The smallest absolute Gasteiger partial charge is 0.241 e. The van der Waals surface area contributed by atoms with Crippen molar-refractivity contribution in [3.63, 3.8) is 0 Å². The number of carbonyl (C=O) groups is 2. The molecule has 19 heavy (non-hydrogen) atoms. The molecule has 1 atom stereocenters. The quantitative estimate of drug-likeness (QED) is 0.837. The van der Waals surface area contributed by atoms with Gasteiger partial charge in [0.05, 0.1) is 6.04 Å². The van der Waals surface area contributed by atoms with Gasteiger partial charge in [0.1, 0.15) is 0 Å². The van der Waals surface area contributed by atoms with Crippen LogP contribution in [-0.4, -0.2) is 24.3 Å². The lowest BCUT2D eigenvalue weighted by molar-refractivity contribution is -0.118. The van der Waals surface area contributed by atoms with Gasteiger partial charge in [0.25, 0.3) is 0 Å². The molecule has 0 bridgehead atoms. The van der Waals surface area contributed by atoms with Crippen LogP contribution in [0.2, 0.25) is 0 Å². The van der Waals surface area contributed by atoms with Gasteiger partial charge in [0.15, 0.2) is 5.78 Å². The molecule has 0 unspecified atom stereocenters. The lowest BCUT2D eigenvalue weighted by Crippen LogP contribution is -2.43. The van der Waals surface area contributed by atoms with Crippen LogP contribution in [0.25, 0.3) is 0 Å². The molecule has 1 aliphatic heterocycles. The fourth-order valence-electron chi connectivity index (χ4n) is 2.12. The lowest BCUT2D eigenvalue weighted by atomic mass is 10.0. The van der Waals surface area contributed by atoms with Crippen LogP contribution >= 0.6 is 12.4 Å². The van der Waals surface area contributed by atoms with Gasteiger partial charge in [0, 0.05) is 11.3 Å². The van der Waals surface area contributed by atoms with Gasteiger partial charge in [-0.2, -0.15) is 0 Å². The third-order valence-corrected chi connectivity index (χ3v) is 3.16. The number of rotatable bonds is 3. The summed E-state index contributed by atoms with van der Waals surface area (Å²) in [5, 5.41) is 6.05. The first-order valence-electron chi connectivity index (χ1n) is 6.32. The first-order chi connectivity index (χ1) is 8.66. The third kappa shape index (κ3) is 4.33. The van der Waals surface area contributed by atoms with Crippen LogP contribution in [0.3, 0.4) is 0 Å². The molecule has 5 heteroatoms. The number of ketones is 1. The molecule has 1 heterocycles. The summed E-state index contributed by atoms with van der Waals surface area (Å²) in [5.41, 5.74) is 1.30. The first kappa shape index (κ1) is 15.7. The Hall–Kier alpha value is -1.39. The van der Waals surface area contributed by atoms with Crippen LogP contribution in [0.1, 0.15) is 36.5 Å². The molecule has 0 radical (unpaired) electrons. The summed E-state index contributed by atoms with van der Waals surface area (Å²) < 4.78 is 0. The van der Waals surface area contributed by atoms with Crippen molar-refractivity contribution in [2.45, 2.75) is 32.2 Å². The fourth-order valence-corrected chi connectivity index (χ4v) is 2.12. The maximum Gasteiger partial charge on any atom is 0.241 e. The number of carbonyl (C=O) groups excluding carboxylic acids is 2. The third-order valence-electron chi connectivity index (χ3n) is 3.16. The Kier molecular flexibility index (Phi) is 5.99. The summed E-state index contributed by atoms with van der Waals surface area (Å²) >= 11 is 0. The molecular formula is C14H19ClN2O2. The van der Waals surface area contributed by atoms with E-state index in [1.807, 2.05) is 0 Å². The van der Waals surface area contributed by atoms with Crippen molar-refractivity contribution in [3.05, 3.63) is 29.8 Å². The summed E-state index contributed by atoms with van der Waals surface area (Å²) in [6.07, 6.45) is 3.08. The number of anilines is 1. The van der Waals surface area contributed by atoms with Crippen LogP contribution in [0.15, 0.2) is 24.3 Å². The number of piperidine rings is 1. The largest absolute Gasteiger partial charge is 0.325 e. The number of hydrogen-bond donors (Lipinski definition) is 2. The van der Waals surface area contributed by atoms with Gasteiger partial charge >= 0.3 is 0 Å². The van der Waals surface area contributed by atoms with Gasteiger partial charge in [0.2, 0.25) is 5.91 Å². The summed E-state index contributed by atoms with van der Waals surface area (Å²) in [5.74, 6) is -0.0164. The van der Waals surface area contributed by atoms with E-state index in [4.69, 9.17) is 0 Å². The molecule has 104 valence electrons. The van der Waals surface area contributed by atoms with E-state index in [9.17, 15) is 9.59 Å². The Bertz CT molecular complexity index is 457. The van der Waals surface area contributed by atoms with E-state index in [2.05, 4.69) is 10.6 Å². The zero-order valence-corrected chi connectivity index (χ0v) is 11.8. The first-order valence-corrected chi connectivity index (χ1v) is 6.32. The molecule has 2 rings (SSSR count). The molecular weight excluding hydrogens is 264 g/mol. The van der Waals surface area contributed by atoms with Gasteiger partial charge in [-0.3, -0.25) is 9.59 Å². The molecule has 4 nitrogen and oxygen atoms in total. The second-order valence-electron chi connectivity index (χ2n) is 4.63. The zero-order chi connectivity index (χ0) is 13.0. The minimum absolute atomic E-state index is 0. The number of halogens is 1. The van der Waals surface area contributed by atoms with Crippen molar-refractivity contribution in [3.8, 4) is 0 Å². The Balaban J connectivity index is 0.00000180. The summed E-state index contributed by atoms with van der Waals surface area (Å²) in [6.45, 7) is 2.41. The Morgan fingerprint density at radius 3 is 2.74 bits per heavy atom. The van der Waals surface area contributed by atoms with E-state index in [0.29, 0.717) is 11.3 Å².